The van der Waals surface area contributed by atoms with Crippen LogP contribution in [0.3, 0.4) is 0 Å². The lowest BCUT2D eigenvalue weighted by atomic mass is 10.1. The monoisotopic (exact) mass is 639 g/mol. The molecular formula is C30H37N7O5S2. The molecule has 0 atom stereocenters. The number of para-hydroxylation sites is 1. The summed E-state index contributed by atoms with van der Waals surface area (Å²) in [7, 11) is -3.92. The normalized spacial score (nSPS) is 11.1. The van der Waals surface area contributed by atoms with Crippen LogP contribution in [0, 0.1) is 11.7 Å². The Balaban J connectivity index is 1.27. The number of amides is 1. The summed E-state index contributed by atoms with van der Waals surface area (Å²) < 4.78 is 43.2. The fraction of sp³-hybridized carbons (Fsp3) is 0.333. The van der Waals surface area contributed by atoms with E-state index in [9.17, 15) is 13.2 Å². The topological polar surface area (TPSA) is 141 Å². The van der Waals surface area contributed by atoms with Gasteiger partial charge in [0.15, 0.2) is 6.73 Å². The van der Waals surface area contributed by atoms with E-state index in [-0.39, 0.29) is 16.4 Å². The van der Waals surface area contributed by atoms with Crippen molar-refractivity contribution in [3.05, 3.63) is 83.1 Å². The molecule has 14 heteroatoms. The Morgan fingerprint density at radius 2 is 1.61 bits per heavy atom. The van der Waals surface area contributed by atoms with E-state index in [4.69, 9.17) is 21.7 Å². The summed E-state index contributed by atoms with van der Waals surface area (Å²) in [6, 6.07) is 20.7. The van der Waals surface area contributed by atoms with Crippen LogP contribution in [-0.2, 0) is 21.5 Å². The Morgan fingerprint density at radius 3 is 2.36 bits per heavy atom. The summed E-state index contributed by atoms with van der Waals surface area (Å²) in [6.45, 7) is 4.22. The molecule has 0 bridgehead atoms. The van der Waals surface area contributed by atoms with Crippen LogP contribution in [0.25, 0.3) is 5.69 Å². The highest BCUT2D eigenvalue weighted by Gasteiger charge is 2.20. The average Bonchev–Trinajstić information content (AvgIpc) is 3.39. The van der Waals surface area contributed by atoms with Crippen molar-refractivity contribution in [3.63, 3.8) is 0 Å². The van der Waals surface area contributed by atoms with Gasteiger partial charge >= 0.3 is 6.09 Å². The number of hydrogen-bond acceptors (Lipinski definition) is 9. The Morgan fingerprint density at radius 1 is 0.909 bits per heavy atom. The van der Waals surface area contributed by atoms with Crippen molar-refractivity contribution >= 4 is 39.7 Å². The number of nitrogens with one attached hydrogen (secondary N) is 3. The fourth-order valence-corrected chi connectivity index (χ4v) is 5.73. The Labute approximate surface area is 262 Å². The van der Waals surface area contributed by atoms with E-state index in [2.05, 4.69) is 32.9 Å². The second-order valence-electron chi connectivity index (χ2n) is 10.1. The Bertz CT molecular complexity index is 1670. The first-order valence-electron chi connectivity index (χ1n) is 14.4. The number of hydrazine groups is 1. The second-order valence-corrected chi connectivity index (χ2v) is 12.1. The van der Waals surface area contributed by atoms with Crippen molar-refractivity contribution in [2.45, 2.75) is 64.0 Å². The van der Waals surface area contributed by atoms with E-state index in [0.29, 0.717) is 23.7 Å². The molecule has 0 aliphatic rings. The van der Waals surface area contributed by atoms with Gasteiger partial charge in [-0.15, -0.1) is 0 Å². The third kappa shape index (κ3) is 9.28. The van der Waals surface area contributed by atoms with E-state index in [0.717, 1.165) is 30.5 Å². The molecule has 0 saturated heterocycles. The zero-order chi connectivity index (χ0) is 31.4. The lowest BCUT2D eigenvalue weighted by Crippen LogP contribution is -2.30. The van der Waals surface area contributed by atoms with Crippen molar-refractivity contribution in [3.8, 4) is 11.4 Å². The number of rotatable bonds is 16. The molecule has 0 saturated carbocycles. The van der Waals surface area contributed by atoms with E-state index >= 15 is 0 Å². The van der Waals surface area contributed by atoms with Crippen molar-refractivity contribution in [1.82, 2.24) is 25.2 Å². The summed E-state index contributed by atoms with van der Waals surface area (Å²) in [6.07, 6.45) is 5.90. The molecule has 234 valence electrons. The smallest absolute Gasteiger partial charge is 0.427 e. The number of aryl methyl sites for hydroxylation is 1. The van der Waals surface area contributed by atoms with Crippen LogP contribution in [0.2, 0.25) is 0 Å². The van der Waals surface area contributed by atoms with Crippen molar-refractivity contribution in [2.75, 3.05) is 16.8 Å². The summed E-state index contributed by atoms with van der Waals surface area (Å²) in [5.41, 5.74) is 7.49. The van der Waals surface area contributed by atoms with E-state index in [1.54, 1.807) is 36.4 Å². The number of tetrazole rings is 1. The largest absolute Gasteiger partial charge is 0.492 e. The summed E-state index contributed by atoms with van der Waals surface area (Å²) in [4.78, 5) is 12.3. The van der Waals surface area contributed by atoms with Gasteiger partial charge in [0.25, 0.3) is 10.0 Å². The fourth-order valence-electron chi connectivity index (χ4n) is 4.21. The first-order valence-corrected chi connectivity index (χ1v) is 16.3. The van der Waals surface area contributed by atoms with Crippen LogP contribution in [-0.4, -0.2) is 40.9 Å². The quantitative estimate of drug-likeness (QED) is 0.0726. The number of ether oxygens (including phenoxy) is 2. The number of carbonyl (C=O) groups is 1. The standard InChI is InChI=1S/C30H37N7O5S2/c1-3-4-5-6-7-11-20-41-27-19-14-23(2)21-28(27)44(39,40)33-25-17-15-24(16-18-25)31-32-29(38)42-22-36-30(43)37(35-34-36)26-12-9-8-10-13-26/h8-10,12-19,21,31,33H,3-7,11,20,22H2,1-2H3,(H,32,38). The summed E-state index contributed by atoms with van der Waals surface area (Å²) in [5.74, 6) is 0.321. The van der Waals surface area contributed by atoms with Crippen LogP contribution in [0.15, 0.2) is 77.7 Å². The molecule has 0 radical (unpaired) electrons. The summed E-state index contributed by atoms with van der Waals surface area (Å²) >= 11 is 5.35. The highest BCUT2D eigenvalue weighted by molar-refractivity contribution is 7.92. The molecule has 4 rings (SSSR count). The molecule has 0 aliphatic heterocycles. The third-order valence-electron chi connectivity index (χ3n) is 6.55. The molecular weight excluding hydrogens is 603 g/mol. The average molecular weight is 640 g/mol. The SMILES string of the molecule is CCCCCCCCOc1ccc(C)cc1S(=O)(=O)Nc1ccc(NNC(=O)OCn2nnn(-c3ccccc3)c2=S)cc1. The number of nitrogens with zero attached hydrogens (tertiary/aromatic N) is 4. The number of anilines is 2. The van der Waals surface area contributed by atoms with Gasteiger partial charge in [-0.05, 0) is 90.1 Å². The number of aromatic nitrogens is 4. The molecule has 1 heterocycles. The predicted molar refractivity (Wildman–Crippen MR) is 171 cm³/mol. The van der Waals surface area contributed by atoms with Crippen LogP contribution in [0.5, 0.6) is 5.75 Å². The predicted octanol–water partition coefficient (Wildman–Crippen LogP) is 6.36. The highest BCUT2D eigenvalue weighted by atomic mass is 32.2. The minimum Gasteiger partial charge on any atom is -0.492 e. The number of carbonyl (C=O) groups excluding carboxylic acids is 1. The van der Waals surface area contributed by atoms with Crippen LogP contribution in [0.4, 0.5) is 16.2 Å². The van der Waals surface area contributed by atoms with E-state index in [1.165, 1.54) is 28.6 Å². The van der Waals surface area contributed by atoms with Crippen molar-refractivity contribution in [2.24, 2.45) is 0 Å². The van der Waals surface area contributed by atoms with Gasteiger partial charge in [0, 0.05) is 5.69 Å². The van der Waals surface area contributed by atoms with Gasteiger partial charge in [-0.3, -0.25) is 10.1 Å². The minimum atomic E-state index is -3.92. The second kappa shape index (κ2) is 15.9. The number of unbranched alkanes of at least 4 members (excludes halogenated alkanes) is 5. The van der Waals surface area contributed by atoms with Gasteiger partial charge < -0.3 is 9.47 Å². The summed E-state index contributed by atoms with van der Waals surface area (Å²) in [5, 5.41) is 7.91. The zero-order valence-electron chi connectivity index (χ0n) is 24.7. The van der Waals surface area contributed by atoms with Gasteiger partial charge in [0.2, 0.25) is 4.77 Å². The maximum Gasteiger partial charge on any atom is 0.427 e. The van der Waals surface area contributed by atoms with Crippen molar-refractivity contribution in [1.29, 1.82) is 0 Å². The van der Waals surface area contributed by atoms with Crippen LogP contribution < -0.4 is 20.3 Å². The molecule has 12 nitrogen and oxygen atoms in total. The maximum absolute atomic E-state index is 13.3. The van der Waals surface area contributed by atoms with Gasteiger partial charge in [0.1, 0.15) is 10.6 Å². The lowest BCUT2D eigenvalue weighted by molar-refractivity contribution is 0.108. The number of hydrogen-bond donors (Lipinski definition) is 3. The van der Waals surface area contributed by atoms with E-state index in [1.807, 2.05) is 43.3 Å². The van der Waals surface area contributed by atoms with Gasteiger partial charge in [-0.2, -0.15) is 9.36 Å². The maximum atomic E-state index is 13.3. The van der Waals surface area contributed by atoms with Crippen LogP contribution in [0.1, 0.15) is 51.0 Å². The van der Waals surface area contributed by atoms with Crippen LogP contribution >= 0.6 is 12.2 Å². The Kier molecular flexibility index (Phi) is 11.7. The zero-order valence-corrected chi connectivity index (χ0v) is 26.4. The van der Waals surface area contributed by atoms with Gasteiger partial charge in [-0.25, -0.2) is 18.6 Å². The molecule has 3 N–H and O–H groups in total. The minimum absolute atomic E-state index is 0.0824. The first kappa shape index (κ1) is 32.5. The molecule has 0 unspecified atom stereocenters. The van der Waals surface area contributed by atoms with Gasteiger partial charge in [0.05, 0.1) is 18.0 Å². The molecule has 3 aromatic carbocycles. The molecule has 4 aromatic rings. The lowest BCUT2D eigenvalue weighted by Gasteiger charge is -2.15. The number of sulfonamides is 1. The molecule has 1 amide bonds. The Hall–Kier alpha value is -4.43. The molecule has 0 fully saturated rings. The van der Waals surface area contributed by atoms with Crippen molar-refractivity contribution < 1.29 is 22.7 Å². The number of benzene rings is 3. The molecule has 0 spiro atoms. The van der Waals surface area contributed by atoms with Gasteiger partial charge in [-0.1, -0.05) is 63.3 Å². The molecule has 0 aliphatic carbocycles. The molecule has 44 heavy (non-hydrogen) atoms. The molecule has 1 aromatic heterocycles. The third-order valence-corrected chi connectivity index (χ3v) is 8.33. The highest BCUT2D eigenvalue weighted by Crippen LogP contribution is 2.28. The van der Waals surface area contributed by atoms with E-state index < -0.39 is 16.1 Å². The first-order chi connectivity index (χ1) is 21.3.